The van der Waals surface area contributed by atoms with E-state index in [0.717, 1.165) is 27.3 Å². The van der Waals surface area contributed by atoms with Crippen molar-refractivity contribution in [1.29, 1.82) is 0 Å². The van der Waals surface area contributed by atoms with Gasteiger partial charge in [-0.2, -0.15) is 4.31 Å². The van der Waals surface area contributed by atoms with Gasteiger partial charge in [0.25, 0.3) is 0 Å². The molecule has 1 atom stereocenters. The van der Waals surface area contributed by atoms with Gasteiger partial charge in [-0.05, 0) is 35.7 Å². The van der Waals surface area contributed by atoms with Gasteiger partial charge in [-0.25, -0.2) is 8.42 Å². The predicted molar refractivity (Wildman–Crippen MR) is 142 cm³/mol. The molecule has 3 aromatic carbocycles. The fourth-order valence-electron chi connectivity index (χ4n) is 3.61. The van der Waals surface area contributed by atoms with Crippen molar-refractivity contribution in [3.63, 3.8) is 0 Å². The van der Waals surface area contributed by atoms with Crippen LogP contribution in [-0.2, 0) is 32.7 Å². The van der Waals surface area contributed by atoms with Gasteiger partial charge in [-0.3, -0.25) is 9.59 Å². The highest BCUT2D eigenvalue weighted by molar-refractivity contribution is 7.88. The summed E-state index contributed by atoms with van der Waals surface area (Å²) in [6.45, 7) is 1.96. The molecule has 0 radical (unpaired) electrons. The Morgan fingerprint density at radius 1 is 0.917 bits per heavy atom. The minimum atomic E-state index is -3.60. The van der Waals surface area contributed by atoms with E-state index in [4.69, 9.17) is 11.6 Å². The van der Waals surface area contributed by atoms with Gasteiger partial charge in [-0.1, -0.05) is 83.9 Å². The lowest BCUT2D eigenvalue weighted by atomic mass is 10.0. The molecule has 0 fully saturated rings. The second-order valence-corrected chi connectivity index (χ2v) is 11.2. The number of hydrogen-bond donors (Lipinski definition) is 1. The topological polar surface area (TPSA) is 86.8 Å². The minimum absolute atomic E-state index is 0.0884. The maximum Gasteiger partial charge on any atom is 0.247 e. The third kappa shape index (κ3) is 7.65. The van der Waals surface area contributed by atoms with Gasteiger partial charge in [0.2, 0.25) is 21.8 Å². The van der Waals surface area contributed by atoms with E-state index >= 15 is 0 Å². The molecular formula is C27H30ClN3O4S. The fraction of sp³-hybridized carbons (Fsp3) is 0.259. The highest BCUT2D eigenvalue weighted by atomic mass is 35.5. The van der Waals surface area contributed by atoms with Crippen LogP contribution in [0.2, 0.25) is 5.02 Å². The number of carbonyl (C=O) groups is 2. The summed E-state index contributed by atoms with van der Waals surface area (Å²) < 4.78 is 25.0. The quantitative estimate of drug-likeness (QED) is 0.433. The van der Waals surface area contributed by atoms with Crippen LogP contribution in [-0.4, -0.2) is 49.3 Å². The van der Waals surface area contributed by atoms with Gasteiger partial charge in [-0.15, -0.1) is 0 Å². The number of nitrogens with one attached hydrogen (secondary N) is 1. The van der Waals surface area contributed by atoms with E-state index in [1.165, 1.54) is 11.9 Å². The number of halogens is 1. The first-order chi connectivity index (χ1) is 17.0. The highest BCUT2D eigenvalue weighted by Gasteiger charge is 2.32. The number of carbonyl (C=O) groups excluding carboxylic acids is 2. The molecule has 1 N–H and O–H groups in total. The molecule has 0 heterocycles. The van der Waals surface area contributed by atoms with E-state index in [1.807, 2.05) is 37.3 Å². The van der Waals surface area contributed by atoms with E-state index in [1.54, 1.807) is 48.5 Å². The van der Waals surface area contributed by atoms with Crippen LogP contribution in [0, 0.1) is 6.92 Å². The molecule has 0 aromatic heterocycles. The van der Waals surface area contributed by atoms with E-state index in [-0.39, 0.29) is 19.0 Å². The lowest BCUT2D eigenvalue weighted by Gasteiger charge is -2.32. The number of aryl methyl sites for hydroxylation is 1. The summed E-state index contributed by atoms with van der Waals surface area (Å²) in [4.78, 5) is 28.5. The van der Waals surface area contributed by atoms with Crippen molar-refractivity contribution in [1.82, 2.24) is 14.5 Å². The first-order valence-electron chi connectivity index (χ1n) is 11.4. The van der Waals surface area contributed by atoms with Crippen molar-refractivity contribution in [3.8, 4) is 0 Å². The van der Waals surface area contributed by atoms with Gasteiger partial charge in [0.05, 0.1) is 12.8 Å². The van der Waals surface area contributed by atoms with Crippen molar-refractivity contribution in [3.05, 3.63) is 106 Å². The van der Waals surface area contributed by atoms with Crippen LogP contribution in [0.25, 0.3) is 0 Å². The standard InChI is InChI=1S/C27H30ClN3O4S/c1-20-9-11-21(12-10-20)17-29-27(33)26(23-7-5-4-6-8-23)31(18-22-13-15-24(28)16-14-22)25(32)19-30(2)36(3,34)35/h4-16,26H,17-19H2,1-3H3,(H,29,33). The Labute approximate surface area is 217 Å². The van der Waals surface area contributed by atoms with Crippen LogP contribution < -0.4 is 5.32 Å². The lowest BCUT2D eigenvalue weighted by Crippen LogP contribution is -2.47. The van der Waals surface area contributed by atoms with E-state index < -0.39 is 28.5 Å². The number of nitrogens with zero attached hydrogens (tertiary/aromatic N) is 2. The maximum atomic E-state index is 13.6. The Balaban J connectivity index is 1.96. The van der Waals surface area contributed by atoms with Gasteiger partial charge < -0.3 is 10.2 Å². The molecule has 2 amide bonds. The number of amides is 2. The largest absolute Gasteiger partial charge is 0.350 e. The first kappa shape index (κ1) is 27.4. The van der Waals surface area contributed by atoms with Crippen LogP contribution in [0.15, 0.2) is 78.9 Å². The van der Waals surface area contributed by atoms with E-state index in [0.29, 0.717) is 10.6 Å². The van der Waals surface area contributed by atoms with Gasteiger partial charge in [0.1, 0.15) is 6.04 Å². The normalized spacial score (nSPS) is 12.2. The van der Waals surface area contributed by atoms with Crippen molar-refractivity contribution in [2.24, 2.45) is 0 Å². The molecule has 7 nitrogen and oxygen atoms in total. The molecule has 9 heteroatoms. The molecule has 3 rings (SSSR count). The number of rotatable bonds is 10. The van der Waals surface area contributed by atoms with Gasteiger partial charge in [0.15, 0.2) is 0 Å². The minimum Gasteiger partial charge on any atom is -0.350 e. The molecule has 0 saturated heterocycles. The summed E-state index contributed by atoms with van der Waals surface area (Å²) in [5.74, 6) is -0.872. The summed E-state index contributed by atoms with van der Waals surface area (Å²) >= 11 is 6.03. The van der Waals surface area contributed by atoms with E-state index in [9.17, 15) is 18.0 Å². The Hall–Kier alpha value is -3.20. The second kappa shape index (κ2) is 12.2. The van der Waals surface area contributed by atoms with Crippen molar-refractivity contribution in [2.75, 3.05) is 19.8 Å². The van der Waals surface area contributed by atoms with Crippen molar-refractivity contribution in [2.45, 2.75) is 26.1 Å². The average Bonchev–Trinajstić information content (AvgIpc) is 2.84. The summed E-state index contributed by atoms with van der Waals surface area (Å²) in [5, 5.41) is 3.49. The Morgan fingerprint density at radius 2 is 1.50 bits per heavy atom. The van der Waals surface area contributed by atoms with Gasteiger partial charge >= 0.3 is 0 Å². The number of benzene rings is 3. The third-order valence-corrected chi connectivity index (χ3v) is 7.29. The molecule has 0 saturated carbocycles. The SMILES string of the molecule is Cc1ccc(CNC(=O)C(c2ccccc2)N(Cc2ccc(Cl)cc2)C(=O)CN(C)S(C)(=O)=O)cc1. The smallest absolute Gasteiger partial charge is 0.247 e. The predicted octanol–water partition coefficient (Wildman–Crippen LogP) is 3.93. The van der Waals surface area contributed by atoms with Crippen LogP contribution >= 0.6 is 11.6 Å². The molecular weight excluding hydrogens is 498 g/mol. The molecule has 190 valence electrons. The molecule has 0 spiro atoms. The van der Waals surface area contributed by atoms with Gasteiger partial charge in [0, 0.05) is 25.2 Å². The zero-order chi connectivity index (χ0) is 26.3. The first-order valence-corrected chi connectivity index (χ1v) is 13.6. The van der Waals surface area contributed by atoms with Crippen LogP contribution in [0.4, 0.5) is 0 Å². The van der Waals surface area contributed by atoms with Crippen molar-refractivity contribution < 1.29 is 18.0 Å². The Morgan fingerprint density at radius 3 is 2.08 bits per heavy atom. The molecule has 0 aliphatic rings. The monoisotopic (exact) mass is 527 g/mol. The maximum absolute atomic E-state index is 13.6. The van der Waals surface area contributed by atoms with Crippen molar-refractivity contribution >= 4 is 33.4 Å². The molecule has 0 bridgehead atoms. The fourth-order valence-corrected chi connectivity index (χ4v) is 4.08. The van der Waals surface area contributed by atoms with Crippen LogP contribution in [0.1, 0.15) is 28.3 Å². The molecule has 1 unspecified atom stereocenters. The summed E-state index contributed by atoms with van der Waals surface area (Å²) in [7, 11) is -2.27. The molecule has 0 aliphatic carbocycles. The van der Waals surface area contributed by atoms with Crippen LogP contribution in [0.5, 0.6) is 0 Å². The summed E-state index contributed by atoms with van der Waals surface area (Å²) in [6, 6.07) is 22.7. The number of hydrogen-bond acceptors (Lipinski definition) is 4. The second-order valence-electron chi connectivity index (χ2n) is 8.68. The zero-order valence-electron chi connectivity index (χ0n) is 20.5. The van der Waals surface area contributed by atoms with E-state index in [2.05, 4.69) is 5.32 Å². The third-order valence-electron chi connectivity index (χ3n) is 5.77. The molecule has 3 aromatic rings. The zero-order valence-corrected chi connectivity index (χ0v) is 22.1. The Bertz CT molecular complexity index is 1280. The Kier molecular flexibility index (Phi) is 9.25. The molecule has 36 heavy (non-hydrogen) atoms. The highest BCUT2D eigenvalue weighted by Crippen LogP contribution is 2.25. The van der Waals surface area contributed by atoms with Crippen LogP contribution in [0.3, 0.4) is 0 Å². The number of sulfonamides is 1. The summed E-state index contributed by atoms with van der Waals surface area (Å²) in [5.41, 5.74) is 3.40. The molecule has 0 aliphatic heterocycles. The summed E-state index contributed by atoms with van der Waals surface area (Å²) in [6.07, 6.45) is 1.03. The lowest BCUT2D eigenvalue weighted by molar-refractivity contribution is -0.141. The average molecular weight is 528 g/mol. The number of likely N-dealkylation sites (N-methyl/N-ethyl adjacent to an activating group) is 1.